The SMILES string of the molecule is CC(=O)N(C)Cc1cccc(Nc2ncnc3c2cnn3CCO)c1. The monoisotopic (exact) mass is 340 g/mol. The van der Waals surface area contributed by atoms with Crippen LogP contribution in [0.1, 0.15) is 12.5 Å². The van der Waals surface area contributed by atoms with E-state index < -0.39 is 0 Å². The molecule has 1 amide bonds. The first kappa shape index (κ1) is 16.8. The molecule has 2 aromatic heterocycles. The maximum atomic E-state index is 11.4. The molecular formula is C17H20N6O2. The van der Waals surface area contributed by atoms with Gasteiger partial charge in [0.15, 0.2) is 5.65 Å². The van der Waals surface area contributed by atoms with Crippen molar-refractivity contribution in [1.82, 2.24) is 24.6 Å². The second kappa shape index (κ2) is 7.27. The molecule has 0 bridgehead atoms. The van der Waals surface area contributed by atoms with Crippen LogP contribution < -0.4 is 5.32 Å². The average Bonchev–Trinajstić information content (AvgIpc) is 3.00. The number of nitrogens with zero attached hydrogens (tertiary/aromatic N) is 5. The van der Waals surface area contributed by atoms with Gasteiger partial charge in [-0.05, 0) is 17.7 Å². The predicted molar refractivity (Wildman–Crippen MR) is 94.3 cm³/mol. The van der Waals surface area contributed by atoms with Gasteiger partial charge in [-0.1, -0.05) is 12.1 Å². The van der Waals surface area contributed by atoms with Gasteiger partial charge in [-0.15, -0.1) is 0 Å². The number of aliphatic hydroxyl groups excluding tert-OH is 1. The molecule has 0 aliphatic heterocycles. The lowest BCUT2D eigenvalue weighted by atomic mass is 10.2. The Morgan fingerprint density at radius 1 is 1.36 bits per heavy atom. The van der Waals surface area contributed by atoms with Crippen LogP contribution in [0.2, 0.25) is 0 Å². The van der Waals surface area contributed by atoms with Crippen molar-refractivity contribution in [2.45, 2.75) is 20.0 Å². The first-order valence-corrected chi connectivity index (χ1v) is 7.93. The van der Waals surface area contributed by atoms with E-state index in [2.05, 4.69) is 20.4 Å². The molecule has 0 atom stereocenters. The normalized spacial score (nSPS) is 10.8. The van der Waals surface area contributed by atoms with Crippen LogP contribution in [0, 0.1) is 0 Å². The minimum absolute atomic E-state index is 0.00471. The lowest BCUT2D eigenvalue weighted by Crippen LogP contribution is -2.22. The predicted octanol–water partition coefficient (Wildman–Crippen LogP) is 1.54. The summed E-state index contributed by atoms with van der Waals surface area (Å²) < 4.78 is 1.64. The van der Waals surface area contributed by atoms with Crippen LogP contribution in [0.5, 0.6) is 0 Å². The van der Waals surface area contributed by atoms with E-state index in [0.717, 1.165) is 16.6 Å². The van der Waals surface area contributed by atoms with Crippen molar-refractivity contribution in [3.8, 4) is 0 Å². The van der Waals surface area contributed by atoms with Crippen LogP contribution in [0.15, 0.2) is 36.8 Å². The van der Waals surface area contributed by atoms with Crippen molar-refractivity contribution in [1.29, 1.82) is 0 Å². The van der Waals surface area contributed by atoms with Gasteiger partial charge in [0, 0.05) is 26.2 Å². The number of hydrogen-bond donors (Lipinski definition) is 2. The van der Waals surface area contributed by atoms with Gasteiger partial charge in [-0.3, -0.25) is 4.79 Å². The molecule has 1 aromatic carbocycles. The highest BCUT2D eigenvalue weighted by molar-refractivity contribution is 5.88. The maximum Gasteiger partial charge on any atom is 0.219 e. The number of amides is 1. The van der Waals surface area contributed by atoms with E-state index in [-0.39, 0.29) is 12.5 Å². The van der Waals surface area contributed by atoms with Crippen molar-refractivity contribution in [3.05, 3.63) is 42.4 Å². The van der Waals surface area contributed by atoms with Crippen molar-refractivity contribution in [2.75, 3.05) is 19.0 Å². The van der Waals surface area contributed by atoms with Gasteiger partial charge in [0.1, 0.15) is 12.1 Å². The summed E-state index contributed by atoms with van der Waals surface area (Å²) in [5.74, 6) is 0.665. The van der Waals surface area contributed by atoms with E-state index in [1.54, 1.807) is 29.7 Å². The van der Waals surface area contributed by atoms with Gasteiger partial charge in [-0.25, -0.2) is 14.6 Å². The van der Waals surface area contributed by atoms with Gasteiger partial charge in [0.25, 0.3) is 0 Å². The first-order chi connectivity index (χ1) is 12.1. The van der Waals surface area contributed by atoms with E-state index in [1.807, 2.05) is 24.3 Å². The highest BCUT2D eigenvalue weighted by atomic mass is 16.3. The van der Waals surface area contributed by atoms with Crippen LogP contribution in [0.3, 0.4) is 0 Å². The highest BCUT2D eigenvalue weighted by Crippen LogP contribution is 2.23. The number of carbonyl (C=O) groups excluding carboxylic acids is 1. The molecule has 3 rings (SSSR count). The molecule has 0 spiro atoms. The minimum Gasteiger partial charge on any atom is -0.394 e. The Balaban J connectivity index is 1.85. The third kappa shape index (κ3) is 3.74. The second-order valence-corrected chi connectivity index (χ2v) is 5.75. The second-order valence-electron chi connectivity index (χ2n) is 5.75. The Bertz CT molecular complexity index is 892. The summed E-state index contributed by atoms with van der Waals surface area (Å²) >= 11 is 0. The molecule has 3 aromatic rings. The zero-order chi connectivity index (χ0) is 17.8. The summed E-state index contributed by atoms with van der Waals surface area (Å²) in [5.41, 5.74) is 2.55. The van der Waals surface area contributed by atoms with Crippen molar-refractivity contribution in [3.63, 3.8) is 0 Å². The fourth-order valence-corrected chi connectivity index (χ4v) is 2.52. The topological polar surface area (TPSA) is 96.2 Å². The number of benzene rings is 1. The Labute approximate surface area is 145 Å². The summed E-state index contributed by atoms with van der Waals surface area (Å²) in [4.78, 5) is 21.6. The molecular weight excluding hydrogens is 320 g/mol. The lowest BCUT2D eigenvalue weighted by molar-refractivity contribution is -0.128. The average molecular weight is 340 g/mol. The molecule has 8 nitrogen and oxygen atoms in total. The summed E-state index contributed by atoms with van der Waals surface area (Å²) in [7, 11) is 1.77. The van der Waals surface area contributed by atoms with E-state index in [9.17, 15) is 4.79 Å². The molecule has 2 heterocycles. The number of carbonyl (C=O) groups is 1. The lowest BCUT2D eigenvalue weighted by Gasteiger charge is -2.15. The fourth-order valence-electron chi connectivity index (χ4n) is 2.52. The van der Waals surface area contributed by atoms with E-state index in [0.29, 0.717) is 24.6 Å². The zero-order valence-corrected chi connectivity index (χ0v) is 14.2. The number of aliphatic hydroxyl groups is 1. The van der Waals surface area contributed by atoms with Gasteiger partial charge in [-0.2, -0.15) is 5.10 Å². The first-order valence-electron chi connectivity index (χ1n) is 7.93. The summed E-state index contributed by atoms with van der Waals surface area (Å²) in [5, 5.41) is 17.4. The molecule has 0 radical (unpaired) electrons. The third-order valence-electron chi connectivity index (χ3n) is 3.89. The van der Waals surface area contributed by atoms with Crippen molar-refractivity contribution >= 4 is 28.4 Å². The van der Waals surface area contributed by atoms with Gasteiger partial charge in [0.2, 0.25) is 5.91 Å². The van der Waals surface area contributed by atoms with Gasteiger partial charge >= 0.3 is 0 Å². The van der Waals surface area contributed by atoms with E-state index in [1.165, 1.54) is 6.33 Å². The van der Waals surface area contributed by atoms with Crippen LogP contribution >= 0.6 is 0 Å². The zero-order valence-electron chi connectivity index (χ0n) is 14.2. The standard InChI is InChI=1S/C17H20N6O2/c1-12(25)22(2)10-13-4-3-5-14(8-13)21-16-15-9-20-23(6-7-24)17(15)19-11-18-16/h3-5,8-9,11,24H,6-7,10H2,1-2H3,(H,18,19,21). The molecule has 0 aliphatic carbocycles. The molecule has 0 saturated heterocycles. The van der Waals surface area contributed by atoms with Crippen LogP contribution in [0.25, 0.3) is 11.0 Å². The van der Waals surface area contributed by atoms with E-state index >= 15 is 0 Å². The van der Waals surface area contributed by atoms with Crippen molar-refractivity contribution < 1.29 is 9.90 Å². The molecule has 0 unspecified atom stereocenters. The summed E-state index contributed by atoms with van der Waals surface area (Å²) in [6, 6.07) is 7.81. The highest BCUT2D eigenvalue weighted by Gasteiger charge is 2.10. The molecule has 130 valence electrons. The minimum atomic E-state index is -0.00471. The number of rotatable bonds is 6. The van der Waals surface area contributed by atoms with Crippen LogP contribution in [-0.4, -0.2) is 49.3 Å². The Morgan fingerprint density at radius 2 is 2.20 bits per heavy atom. The molecule has 0 fully saturated rings. The third-order valence-corrected chi connectivity index (χ3v) is 3.89. The number of aromatic nitrogens is 4. The molecule has 0 aliphatic rings. The Morgan fingerprint density at radius 3 is 2.96 bits per heavy atom. The fraction of sp³-hybridized carbons (Fsp3) is 0.294. The van der Waals surface area contributed by atoms with Gasteiger partial charge < -0.3 is 15.3 Å². The maximum absolute atomic E-state index is 11.4. The number of fused-ring (bicyclic) bond motifs is 1. The summed E-state index contributed by atoms with van der Waals surface area (Å²) in [6.45, 7) is 2.46. The van der Waals surface area contributed by atoms with Crippen LogP contribution in [0.4, 0.5) is 11.5 Å². The smallest absolute Gasteiger partial charge is 0.219 e. The Kier molecular flexibility index (Phi) is 4.90. The Hall–Kier alpha value is -3.00. The number of nitrogens with one attached hydrogen (secondary N) is 1. The molecule has 8 heteroatoms. The van der Waals surface area contributed by atoms with E-state index in [4.69, 9.17) is 5.11 Å². The molecule has 2 N–H and O–H groups in total. The molecule has 25 heavy (non-hydrogen) atoms. The summed E-state index contributed by atoms with van der Waals surface area (Å²) in [6.07, 6.45) is 3.15. The number of anilines is 2. The largest absolute Gasteiger partial charge is 0.394 e. The number of hydrogen-bond acceptors (Lipinski definition) is 6. The van der Waals surface area contributed by atoms with Gasteiger partial charge in [0.05, 0.1) is 24.7 Å². The van der Waals surface area contributed by atoms with Crippen molar-refractivity contribution in [2.24, 2.45) is 0 Å². The quantitative estimate of drug-likeness (QED) is 0.707. The van der Waals surface area contributed by atoms with Crippen LogP contribution in [-0.2, 0) is 17.9 Å². The molecule has 0 saturated carbocycles.